The first-order chi connectivity index (χ1) is 21.6. The number of anilines is 1. The molecule has 1 aromatic carbocycles. The fraction of sp³-hybridized carbons (Fsp3) is 0.606. The zero-order chi connectivity index (χ0) is 32.2. The number of Topliss-reactive ketones (excluding diaryl/α,β-unsaturated/α-hetero) is 2. The van der Waals surface area contributed by atoms with E-state index in [4.69, 9.17) is 25.6 Å². The van der Waals surface area contributed by atoms with Crippen molar-refractivity contribution in [3.05, 3.63) is 44.6 Å². The Morgan fingerprint density at radius 3 is 2.42 bits per heavy atom. The highest BCUT2D eigenvalue weighted by Crippen LogP contribution is 2.57. The van der Waals surface area contributed by atoms with Crippen LogP contribution in [-0.4, -0.2) is 77.8 Å². The van der Waals surface area contributed by atoms with Crippen LogP contribution in [0.2, 0.25) is 5.02 Å². The molecule has 2 aromatic rings. The third-order valence-electron chi connectivity index (χ3n) is 9.80. The lowest BCUT2D eigenvalue weighted by atomic mass is 9.58. The molecule has 0 bridgehead atoms. The van der Waals surface area contributed by atoms with E-state index >= 15 is 4.39 Å². The first-order valence-corrected chi connectivity index (χ1v) is 16.4. The number of ketones is 2. The van der Waals surface area contributed by atoms with E-state index in [0.717, 1.165) is 25.7 Å². The van der Waals surface area contributed by atoms with E-state index in [2.05, 4.69) is 5.16 Å². The second-order valence-corrected chi connectivity index (χ2v) is 13.2. The number of halogens is 2. The Morgan fingerprint density at radius 2 is 1.78 bits per heavy atom. The van der Waals surface area contributed by atoms with Gasteiger partial charge in [0.2, 0.25) is 5.78 Å². The molecule has 1 aromatic heterocycles. The number of allylic oxidation sites excluding steroid dienone is 1. The van der Waals surface area contributed by atoms with Gasteiger partial charge in [-0.05, 0) is 63.7 Å². The summed E-state index contributed by atoms with van der Waals surface area (Å²) in [7, 11) is 3.54. The third kappa shape index (κ3) is 4.84. The molecule has 2 heterocycles. The number of benzene rings is 1. The Bertz CT molecular complexity index is 1550. The van der Waals surface area contributed by atoms with Gasteiger partial charge in [-0.2, -0.15) is 0 Å². The van der Waals surface area contributed by atoms with E-state index in [1.54, 1.807) is 19.0 Å². The molecule has 4 aliphatic rings. The summed E-state index contributed by atoms with van der Waals surface area (Å²) in [5, 5.41) is 28.2. The standard InChI is InChI=1S/C33H41ClFN3O7/c1-5-7-13-43-28-21-18(24(35)26(23(28)34)38-11-9-10-12-38)15-17-16-19-25(37(3)4)29-22(32(36-45-29)44-14-8-6-2)31(41)33(19,42)30(40)20(17)27(21)39/h17,19,25,40,42H,5-16H2,1-4H3/t17-,19-,25-,33-/m0/s1. The molecule has 0 spiro atoms. The number of hydrogen-bond acceptors (Lipinski definition) is 10. The molecule has 1 fully saturated rings. The maximum absolute atomic E-state index is 16.5. The number of ether oxygens (including phenoxy) is 2. The largest absolute Gasteiger partial charge is 0.508 e. The monoisotopic (exact) mass is 645 g/mol. The van der Waals surface area contributed by atoms with Gasteiger partial charge in [-0.25, -0.2) is 4.39 Å². The van der Waals surface area contributed by atoms with Gasteiger partial charge in [-0.15, -0.1) is 0 Å². The molecule has 0 radical (unpaired) electrons. The quantitative estimate of drug-likeness (QED) is 0.304. The molecule has 0 unspecified atom stereocenters. The van der Waals surface area contributed by atoms with Gasteiger partial charge >= 0.3 is 0 Å². The summed E-state index contributed by atoms with van der Waals surface area (Å²) in [6.45, 7) is 5.82. The van der Waals surface area contributed by atoms with Crippen molar-refractivity contribution >= 4 is 28.9 Å². The predicted octanol–water partition coefficient (Wildman–Crippen LogP) is 5.84. The van der Waals surface area contributed by atoms with Crippen LogP contribution in [0.15, 0.2) is 15.9 Å². The van der Waals surface area contributed by atoms with Gasteiger partial charge in [0.1, 0.15) is 16.3 Å². The number of nitrogens with zero attached hydrogens (tertiary/aromatic N) is 3. The van der Waals surface area contributed by atoms with E-state index in [0.29, 0.717) is 25.9 Å². The zero-order valence-corrected chi connectivity index (χ0v) is 27.0. The molecule has 45 heavy (non-hydrogen) atoms. The van der Waals surface area contributed by atoms with Crippen LogP contribution < -0.4 is 14.4 Å². The smallest absolute Gasteiger partial charge is 0.265 e. The van der Waals surface area contributed by atoms with Crippen LogP contribution in [0.3, 0.4) is 0 Å². The normalized spacial score (nSPS) is 25.8. The number of hydrogen-bond donors (Lipinski definition) is 2. The Labute approximate surface area is 267 Å². The molecule has 3 aliphatic carbocycles. The van der Waals surface area contributed by atoms with Crippen molar-refractivity contribution in [1.29, 1.82) is 0 Å². The van der Waals surface area contributed by atoms with Crippen LogP contribution in [0, 0.1) is 17.7 Å². The summed E-state index contributed by atoms with van der Waals surface area (Å²) in [4.78, 5) is 32.2. The van der Waals surface area contributed by atoms with Crippen LogP contribution in [0.25, 0.3) is 0 Å². The maximum Gasteiger partial charge on any atom is 0.265 e. The summed E-state index contributed by atoms with van der Waals surface area (Å²) in [5.41, 5.74) is -2.28. The predicted molar refractivity (Wildman–Crippen MR) is 165 cm³/mol. The van der Waals surface area contributed by atoms with Crippen LogP contribution in [0.5, 0.6) is 11.6 Å². The van der Waals surface area contributed by atoms with Gasteiger partial charge in [-0.1, -0.05) is 38.3 Å². The molecule has 0 saturated carbocycles. The van der Waals surface area contributed by atoms with Crippen LogP contribution >= 0.6 is 11.6 Å². The molecular weight excluding hydrogens is 605 g/mol. The minimum absolute atomic E-state index is 0.0212. The van der Waals surface area contributed by atoms with Gasteiger partial charge in [0.25, 0.3) is 5.88 Å². The number of carbonyl (C=O) groups is 2. The maximum atomic E-state index is 16.5. The van der Waals surface area contributed by atoms with E-state index in [1.807, 2.05) is 18.7 Å². The minimum Gasteiger partial charge on any atom is -0.508 e. The summed E-state index contributed by atoms with van der Waals surface area (Å²) >= 11 is 6.84. The van der Waals surface area contributed by atoms with Gasteiger partial charge in [0.15, 0.2) is 28.7 Å². The molecule has 1 aliphatic heterocycles. The molecule has 10 nitrogen and oxygen atoms in total. The highest BCUT2D eigenvalue weighted by molar-refractivity contribution is 6.36. The van der Waals surface area contributed by atoms with Crippen molar-refractivity contribution in [2.24, 2.45) is 11.8 Å². The number of aliphatic hydroxyl groups is 2. The number of fused-ring (bicyclic) bond motifs is 4. The fourth-order valence-electron chi connectivity index (χ4n) is 7.55. The van der Waals surface area contributed by atoms with Crippen molar-refractivity contribution < 1.29 is 38.2 Å². The van der Waals surface area contributed by atoms with E-state index in [1.165, 1.54) is 0 Å². The SMILES string of the molecule is CCCCOc1noc2c1C(=O)[C@@]1(O)C(O)=C3C(=O)c4c(c(F)c(N5CCCC5)c(Cl)c4OCCCC)C[C@H]3C[C@H]1[C@@H]2N(C)C. The van der Waals surface area contributed by atoms with Gasteiger partial charge < -0.3 is 29.1 Å². The van der Waals surface area contributed by atoms with Crippen molar-refractivity contribution in [3.8, 4) is 11.6 Å². The minimum atomic E-state index is -2.46. The van der Waals surface area contributed by atoms with Crippen molar-refractivity contribution in [2.45, 2.75) is 76.9 Å². The molecule has 2 N–H and O–H groups in total. The lowest BCUT2D eigenvalue weighted by Gasteiger charge is -2.49. The van der Waals surface area contributed by atoms with Crippen LogP contribution in [-0.2, 0) is 6.42 Å². The van der Waals surface area contributed by atoms with Crippen molar-refractivity contribution in [1.82, 2.24) is 10.1 Å². The fourth-order valence-corrected chi connectivity index (χ4v) is 7.90. The second kappa shape index (κ2) is 12.2. The molecule has 0 amide bonds. The Hall–Kier alpha value is -3.15. The number of rotatable bonds is 10. The molecule has 244 valence electrons. The first kappa shape index (κ1) is 31.8. The molecule has 4 atom stereocenters. The highest BCUT2D eigenvalue weighted by Gasteiger charge is 2.64. The average molecular weight is 646 g/mol. The first-order valence-electron chi connectivity index (χ1n) is 16.0. The van der Waals surface area contributed by atoms with E-state index < -0.39 is 46.6 Å². The number of unbranched alkanes of at least 4 members (excludes halogenated alkanes) is 2. The second-order valence-electron chi connectivity index (χ2n) is 12.8. The summed E-state index contributed by atoms with van der Waals surface area (Å²) in [5.74, 6) is -4.19. The van der Waals surface area contributed by atoms with E-state index in [9.17, 15) is 19.8 Å². The number of carbonyl (C=O) groups excluding carboxylic acids is 2. The average Bonchev–Trinajstić information content (AvgIpc) is 3.68. The lowest BCUT2D eigenvalue weighted by Crippen LogP contribution is -2.59. The molecule has 1 saturated heterocycles. The number of aliphatic hydroxyl groups excluding tert-OH is 1. The van der Waals surface area contributed by atoms with Crippen LogP contribution in [0.4, 0.5) is 10.1 Å². The highest BCUT2D eigenvalue weighted by atomic mass is 35.5. The van der Waals surface area contributed by atoms with Gasteiger partial charge in [0, 0.05) is 30.1 Å². The van der Waals surface area contributed by atoms with Crippen molar-refractivity contribution in [3.63, 3.8) is 0 Å². The topological polar surface area (TPSA) is 126 Å². The Kier molecular flexibility index (Phi) is 8.64. The molecular formula is C33H41ClFN3O7. The Morgan fingerprint density at radius 1 is 1.11 bits per heavy atom. The van der Waals surface area contributed by atoms with Crippen LogP contribution in [0.1, 0.15) is 96.9 Å². The lowest BCUT2D eigenvalue weighted by molar-refractivity contribution is -0.0559. The third-order valence-corrected chi connectivity index (χ3v) is 10.2. The summed E-state index contributed by atoms with van der Waals surface area (Å²) in [6, 6.07) is -0.693. The van der Waals surface area contributed by atoms with Gasteiger partial charge in [-0.3, -0.25) is 14.5 Å². The van der Waals surface area contributed by atoms with Gasteiger partial charge in [0.05, 0.1) is 30.5 Å². The molecule has 12 heteroatoms. The summed E-state index contributed by atoms with van der Waals surface area (Å²) in [6.07, 6.45) is 5.06. The zero-order valence-electron chi connectivity index (χ0n) is 26.3. The van der Waals surface area contributed by atoms with Crippen molar-refractivity contribution in [2.75, 3.05) is 45.3 Å². The molecule has 6 rings (SSSR count). The Balaban J connectivity index is 1.50. The van der Waals surface area contributed by atoms with E-state index in [-0.39, 0.29) is 76.4 Å². The number of aromatic nitrogens is 1. The summed E-state index contributed by atoms with van der Waals surface area (Å²) < 4.78 is 34.0.